The number of rotatable bonds is 48. The molecular formula is C64H115NO18. The normalized spacial score (nSPS) is 29.7. The zero-order valence-corrected chi connectivity index (χ0v) is 50.7. The van der Waals surface area contributed by atoms with E-state index in [-0.39, 0.29) is 18.9 Å². The smallest absolute Gasteiger partial charge is 0.220 e. The lowest BCUT2D eigenvalue weighted by Gasteiger charge is -2.48. The van der Waals surface area contributed by atoms with E-state index < -0.39 is 124 Å². The van der Waals surface area contributed by atoms with Crippen molar-refractivity contribution in [1.29, 1.82) is 0 Å². The highest BCUT2D eigenvalue weighted by molar-refractivity contribution is 5.76. The fourth-order valence-corrected chi connectivity index (χ4v) is 10.8. The van der Waals surface area contributed by atoms with Crippen molar-refractivity contribution in [2.75, 3.05) is 26.4 Å². The molecule has 0 aromatic heterocycles. The molecule has 17 atom stereocenters. The highest BCUT2D eigenvalue weighted by atomic mass is 16.8. The van der Waals surface area contributed by atoms with E-state index in [2.05, 4.69) is 55.6 Å². The summed E-state index contributed by atoms with van der Waals surface area (Å²) in [5.74, 6) is -0.300. The Morgan fingerprint density at radius 1 is 0.434 bits per heavy atom. The standard InChI is InChI=1S/C64H115NO18/c1-3-5-7-9-11-13-15-17-19-20-21-22-23-24-25-26-27-28-29-31-33-35-37-39-41-48(69)47(65-52(70)42-40-38-36-34-32-30-18-16-14-12-10-8-6-4-2)46-78-62-58(76)55(73)60(50(44-67)80-62)83-64-59(77)56(74)61(51(45-68)81-64)82-63-57(75)54(72)53(71)49(43-66)79-63/h10,12,16,18,31,33,39,41,47-51,53-64,66-69,71-77H,3-9,11,13-15,17,19-30,32,34-38,40,42-46H2,1-2H3,(H,65,70)/b12-10-,18-16-,33-31+,41-39+. The second-order valence-corrected chi connectivity index (χ2v) is 23.2. The molecule has 0 bridgehead atoms. The molecule has 3 aliphatic rings. The van der Waals surface area contributed by atoms with Crippen LogP contribution in [0.2, 0.25) is 0 Å². The van der Waals surface area contributed by atoms with Gasteiger partial charge in [-0.3, -0.25) is 4.79 Å². The molecule has 0 saturated carbocycles. The van der Waals surface area contributed by atoms with E-state index in [0.29, 0.717) is 12.8 Å². The van der Waals surface area contributed by atoms with Crippen molar-refractivity contribution in [1.82, 2.24) is 5.32 Å². The number of hydrogen-bond donors (Lipinski definition) is 12. The summed E-state index contributed by atoms with van der Waals surface area (Å²) in [5.41, 5.74) is 0. The maximum absolute atomic E-state index is 13.3. The first kappa shape index (κ1) is 75.0. The Kier molecular flexibility index (Phi) is 42.3. The van der Waals surface area contributed by atoms with E-state index in [1.165, 1.54) is 122 Å². The van der Waals surface area contributed by atoms with Crippen molar-refractivity contribution in [2.24, 2.45) is 0 Å². The molecule has 3 saturated heterocycles. The summed E-state index contributed by atoms with van der Waals surface area (Å²) in [5, 5.41) is 120. The van der Waals surface area contributed by atoms with Gasteiger partial charge in [-0.2, -0.15) is 0 Å². The number of hydrogen-bond acceptors (Lipinski definition) is 18. The lowest BCUT2D eigenvalue weighted by atomic mass is 9.96. The lowest BCUT2D eigenvalue weighted by molar-refractivity contribution is -0.379. The fraction of sp³-hybridized carbons (Fsp3) is 0.859. The molecule has 0 aromatic rings. The Morgan fingerprint density at radius 2 is 0.819 bits per heavy atom. The van der Waals surface area contributed by atoms with Gasteiger partial charge in [0.1, 0.15) is 73.2 Å². The molecule has 0 aromatic carbocycles. The highest BCUT2D eigenvalue weighted by Gasteiger charge is 2.53. The second kappa shape index (κ2) is 46.8. The monoisotopic (exact) mass is 1190 g/mol. The van der Waals surface area contributed by atoms with Gasteiger partial charge in [0, 0.05) is 6.42 Å². The summed E-state index contributed by atoms with van der Waals surface area (Å²) >= 11 is 0. The Labute approximate surface area is 497 Å². The molecule has 19 nitrogen and oxygen atoms in total. The number of ether oxygens (including phenoxy) is 6. The number of carbonyl (C=O) groups excluding carboxylic acids is 1. The van der Waals surface area contributed by atoms with Crippen LogP contribution < -0.4 is 5.32 Å². The van der Waals surface area contributed by atoms with E-state index >= 15 is 0 Å². The van der Waals surface area contributed by atoms with Crippen LogP contribution in [0.4, 0.5) is 0 Å². The van der Waals surface area contributed by atoms with Crippen LogP contribution in [0.3, 0.4) is 0 Å². The van der Waals surface area contributed by atoms with Crippen LogP contribution in [0.1, 0.15) is 219 Å². The first-order valence-corrected chi connectivity index (χ1v) is 32.4. The lowest BCUT2D eigenvalue weighted by Crippen LogP contribution is -2.66. The molecule has 3 fully saturated rings. The first-order valence-electron chi connectivity index (χ1n) is 32.4. The topological polar surface area (TPSA) is 307 Å². The summed E-state index contributed by atoms with van der Waals surface area (Å²) in [6.07, 6.45) is 26.7. The van der Waals surface area contributed by atoms with Gasteiger partial charge in [0.25, 0.3) is 0 Å². The minimum absolute atomic E-state index is 0.218. The van der Waals surface area contributed by atoms with Gasteiger partial charge in [0.2, 0.25) is 5.91 Å². The molecule has 484 valence electrons. The van der Waals surface area contributed by atoms with Gasteiger partial charge in [0.15, 0.2) is 18.9 Å². The van der Waals surface area contributed by atoms with Crippen molar-refractivity contribution in [2.45, 2.75) is 324 Å². The van der Waals surface area contributed by atoms with Gasteiger partial charge >= 0.3 is 0 Å². The van der Waals surface area contributed by atoms with E-state index in [9.17, 15) is 61.0 Å². The molecule has 0 aliphatic carbocycles. The Balaban J connectivity index is 1.48. The average molecular weight is 1190 g/mol. The maximum atomic E-state index is 13.3. The van der Waals surface area contributed by atoms with Crippen molar-refractivity contribution in [3.05, 3.63) is 48.6 Å². The third-order valence-electron chi connectivity index (χ3n) is 16.1. The predicted octanol–water partition coefficient (Wildman–Crippen LogP) is 7.04. The van der Waals surface area contributed by atoms with Gasteiger partial charge in [-0.25, -0.2) is 0 Å². The van der Waals surface area contributed by atoms with Crippen molar-refractivity contribution in [3.63, 3.8) is 0 Å². The zero-order valence-electron chi connectivity index (χ0n) is 50.7. The minimum atomic E-state index is -1.98. The van der Waals surface area contributed by atoms with Gasteiger partial charge in [-0.15, -0.1) is 0 Å². The molecule has 83 heavy (non-hydrogen) atoms. The molecule has 19 heteroatoms. The summed E-state index contributed by atoms with van der Waals surface area (Å²) in [6, 6.07) is -0.998. The SMILES string of the molecule is CCCC/C=C\C/C=C\CCCCCCCC(=O)NC(COC1OC(CO)C(OC2OC(CO)C(OC3OC(CO)C(O)C(O)C3O)C(O)C2O)C(O)C1O)C(O)/C=C/CC/C=C/CCCCCCCCCCCCCCCCCCCC. The Bertz CT molecular complexity index is 1700. The largest absolute Gasteiger partial charge is 0.394 e. The molecule has 3 aliphatic heterocycles. The third-order valence-corrected chi connectivity index (χ3v) is 16.1. The van der Waals surface area contributed by atoms with Gasteiger partial charge < -0.3 is 89.9 Å². The van der Waals surface area contributed by atoms with Crippen molar-refractivity contribution < 1.29 is 89.4 Å². The van der Waals surface area contributed by atoms with E-state index in [1.807, 2.05) is 6.08 Å². The predicted molar refractivity (Wildman–Crippen MR) is 319 cm³/mol. The highest BCUT2D eigenvalue weighted by Crippen LogP contribution is 2.33. The number of aliphatic hydroxyl groups excluding tert-OH is 11. The summed E-state index contributed by atoms with van der Waals surface area (Å²) < 4.78 is 34.2. The number of aliphatic hydroxyl groups is 11. The molecule has 0 spiro atoms. The average Bonchev–Trinajstić information content (AvgIpc) is 3.19. The van der Waals surface area contributed by atoms with Gasteiger partial charge in [-0.05, 0) is 57.8 Å². The first-order chi connectivity index (χ1) is 40.3. The maximum Gasteiger partial charge on any atom is 0.220 e. The zero-order chi connectivity index (χ0) is 60.5. The minimum Gasteiger partial charge on any atom is -0.394 e. The van der Waals surface area contributed by atoms with E-state index in [1.54, 1.807) is 6.08 Å². The fourth-order valence-electron chi connectivity index (χ4n) is 10.8. The summed E-state index contributed by atoms with van der Waals surface area (Å²) in [6.45, 7) is 1.66. The van der Waals surface area contributed by atoms with Crippen LogP contribution in [0.5, 0.6) is 0 Å². The number of unbranched alkanes of at least 4 members (excludes halogenated alkanes) is 26. The van der Waals surface area contributed by atoms with Gasteiger partial charge in [-0.1, -0.05) is 204 Å². The van der Waals surface area contributed by atoms with Crippen LogP contribution in [-0.2, 0) is 33.2 Å². The number of allylic oxidation sites excluding steroid dienone is 7. The van der Waals surface area contributed by atoms with E-state index in [4.69, 9.17) is 28.4 Å². The second-order valence-electron chi connectivity index (χ2n) is 23.2. The van der Waals surface area contributed by atoms with Crippen LogP contribution in [0.25, 0.3) is 0 Å². The van der Waals surface area contributed by atoms with Crippen molar-refractivity contribution >= 4 is 5.91 Å². The molecular weight excluding hydrogens is 1070 g/mol. The van der Waals surface area contributed by atoms with Crippen LogP contribution >= 0.6 is 0 Å². The van der Waals surface area contributed by atoms with Gasteiger partial charge in [0.05, 0.1) is 38.6 Å². The number of amides is 1. The molecule has 0 radical (unpaired) electrons. The molecule has 3 heterocycles. The Morgan fingerprint density at radius 3 is 1.31 bits per heavy atom. The number of nitrogens with one attached hydrogen (secondary N) is 1. The summed E-state index contributed by atoms with van der Waals surface area (Å²) in [7, 11) is 0. The van der Waals surface area contributed by atoms with Crippen LogP contribution in [0, 0.1) is 0 Å². The van der Waals surface area contributed by atoms with Crippen molar-refractivity contribution in [3.8, 4) is 0 Å². The third kappa shape index (κ3) is 30.0. The molecule has 3 rings (SSSR count). The number of carbonyl (C=O) groups is 1. The molecule has 17 unspecified atom stereocenters. The van der Waals surface area contributed by atoms with Crippen LogP contribution in [-0.4, -0.2) is 193 Å². The van der Waals surface area contributed by atoms with E-state index in [0.717, 1.165) is 64.2 Å². The summed E-state index contributed by atoms with van der Waals surface area (Å²) in [4.78, 5) is 13.3. The molecule has 12 N–H and O–H groups in total. The molecule has 1 amide bonds. The Hall–Kier alpha value is -2.25. The van der Waals surface area contributed by atoms with Crippen LogP contribution in [0.15, 0.2) is 48.6 Å². The quantitative estimate of drug-likeness (QED) is 0.0215.